The summed E-state index contributed by atoms with van der Waals surface area (Å²) < 4.78 is 5.92. The normalized spacial score (nSPS) is 32.8. The van der Waals surface area contributed by atoms with E-state index < -0.39 is 58.0 Å². The molecule has 4 aliphatic carbocycles. The Hall–Kier alpha value is -3.41. The number of ether oxygens (including phenoxy) is 1. The largest absolute Gasteiger partial charge is 0.508 e. The standard InChI is InChI=1S/C29H35N3O8/c1-40-25-14(17-7-4-8-32(17)13-5-2-3-6-13)11-18(33)20-15(25)9-12-10-16-22(30)24(35)21(28(31)38)27(37)29(16,39)26(36)19(12)23(20)34/h11-13,16-17,22,33-34,37,39H,2-10,30H2,1H3,(H2,31,38)/t12-,16-,17-,22-,29-/m0/s1. The van der Waals surface area contributed by atoms with Crippen molar-refractivity contribution in [3.63, 3.8) is 0 Å². The van der Waals surface area contributed by atoms with Gasteiger partial charge in [-0.3, -0.25) is 19.3 Å². The van der Waals surface area contributed by atoms with Gasteiger partial charge in [-0.1, -0.05) is 12.8 Å². The van der Waals surface area contributed by atoms with Crippen LogP contribution in [0.25, 0.3) is 5.76 Å². The van der Waals surface area contributed by atoms with E-state index in [9.17, 15) is 34.8 Å². The predicted molar refractivity (Wildman–Crippen MR) is 142 cm³/mol. The summed E-state index contributed by atoms with van der Waals surface area (Å²) in [5, 5.41) is 44.9. The highest BCUT2D eigenvalue weighted by atomic mass is 16.5. The molecule has 214 valence electrons. The number of carbonyl (C=O) groups is 3. The fourth-order valence-electron chi connectivity index (χ4n) is 8.08. The van der Waals surface area contributed by atoms with Gasteiger partial charge >= 0.3 is 0 Å². The molecule has 2 saturated carbocycles. The highest BCUT2D eigenvalue weighted by Gasteiger charge is 2.63. The number of likely N-dealkylation sites (tertiary alicyclic amines) is 1. The summed E-state index contributed by atoms with van der Waals surface area (Å²) in [4.78, 5) is 41.0. The molecule has 0 spiro atoms. The fourth-order valence-corrected chi connectivity index (χ4v) is 8.08. The first-order chi connectivity index (χ1) is 19.0. The van der Waals surface area contributed by atoms with Gasteiger partial charge in [0.15, 0.2) is 11.4 Å². The van der Waals surface area contributed by atoms with E-state index in [4.69, 9.17) is 16.2 Å². The SMILES string of the molecule is COc1c([C@@H]2CCCN2C2CCCC2)cc(O)c2c1C[C@H]1C[C@H]3[C@H](N)C(=O)C(C(N)=O)=C(O)[C@@]3(O)C(=O)C1=C2O. The number of phenols is 1. The maximum atomic E-state index is 13.8. The van der Waals surface area contributed by atoms with Gasteiger partial charge in [-0.2, -0.15) is 0 Å². The predicted octanol–water partition coefficient (Wildman–Crippen LogP) is 1.45. The highest BCUT2D eigenvalue weighted by Crippen LogP contribution is 2.55. The van der Waals surface area contributed by atoms with Crippen LogP contribution >= 0.6 is 0 Å². The smallest absolute Gasteiger partial charge is 0.255 e. The number of benzene rings is 1. The molecule has 1 aliphatic heterocycles. The molecular weight excluding hydrogens is 518 g/mol. The van der Waals surface area contributed by atoms with Crippen LogP contribution < -0.4 is 16.2 Å². The molecule has 0 radical (unpaired) electrons. The van der Waals surface area contributed by atoms with Gasteiger partial charge in [0.1, 0.15) is 28.6 Å². The van der Waals surface area contributed by atoms with E-state index >= 15 is 0 Å². The number of amides is 1. The maximum Gasteiger partial charge on any atom is 0.255 e. The number of methoxy groups -OCH3 is 1. The van der Waals surface area contributed by atoms with Crippen molar-refractivity contribution in [1.29, 1.82) is 0 Å². The third-order valence-electron chi connectivity index (χ3n) is 9.88. The van der Waals surface area contributed by atoms with Crippen LogP contribution in [0.15, 0.2) is 23.0 Å². The summed E-state index contributed by atoms with van der Waals surface area (Å²) in [6.45, 7) is 0.958. The third kappa shape index (κ3) is 3.50. The lowest BCUT2D eigenvalue weighted by molar-refractivity contribution is -0.149. The van der Waals surface area contributed by atoms with Crippen LogP contribution in [0.2, 0.25) is 0 Å². The first kappa shape index (κ1) is 26.8. The van der Waals surface area contributed by atoms with Gasteiger partial charge in [0.2, 0.25) is 5.78 Å². The van der Waals surface area contributed by atoms with Crippen LogP contribution in [0.5, 0.6) is 11.5 Å². The molecule has 1 aromatic carbocycles. The molecule has 11 nitrogen and oxygen atoms in total. The molecule has 40 heavy (non-hydrogen) atoms. The Morgan fingerprint density at radius 1 is 1.12 bits per heavy atom. The minimum absolute atomic E-state index is 0.0300. The number of nitrogens with two attached hydrogens (primary N) is 2. The molecule has 5 aliphatic rings. The van der Waals surface area contributed by atoms with E-state index in [2.05, 4.69) is 4.90 Å². The van der Waals surface area contributed by atoms with Gasteiger partial charge in [-0.25, -0.2) is 0 Å². The molecule has 6 rings (SSSR count). The summed E-state index contributed by atoms with van der Waals surface area (Å²) >= 11 is 0. The Kier molecular flexibility index (Phi) is 6.24. The summed E-state index contributed by atoms with van der Waals surface area (Å²) in [5.41, 5.74) is 8.92. The van der Waals surface area contributed by atoms with Crippen molar-refractivity contribution in [2.45, 2.75) is 75.1 Å². The second-order valence-corrected chi connectivity index (χ2v) is 11.8. The van der Waals surface area contributed by atoms with Crippen molar-refractivity contribution in [3.8, 4) is 11.5 Å². The molecule has 0 unspecified atom stereocenters. The number of hydrogen-bond acceptors (Lipinski definition) is 10. The van der Waals surface area contributed by atoms with Crippen LogP contribution in [-0.2, 0) is 20.8 Å². The highest BCUT2D eigenvalue weighted by molar-refractivity contribution is 6.24. The topological polar surface area (TPSA) is 197 Å². The molecule has 3 fully saturated rings. The number of hydrogen-bond donors (Lipinski definition) is 6. The van der Waals surface area contributed by atoms with Gasteiger partial charge in [-0.05, 0) is 57.1 Å². The number of Topliss-reactive ketones (excluding diaryl/α,β-unsaturated/α-hetero) is 2. The number of primary amides is 1. The second kappa shape index (κ2) is 9.32. The molecule has 8 N–H and O–H groups in total. The van der Waals surface area contributed by atoms with Crippen molar-refractivity contribution in [2.75, 3.05) is 13.7 Å². The number of nitrogens with zero attached hydrogens (tertiary/aromatic N) is 1. The van der Waals surface area contributed by atoms with Crippen LogP contribution in [0, 0.1) is 11.8 Å². The average Bonchev–Trinajstić information content (AvgIpc) is 3.61. The zero-order valence-electron chi connectivity index (χ0n) is 22.4. The number of carbonyl (C=O) groups excluding carboxylic acids is 3. The van der Waals surface area contributed by atoms with Crippen molar-refractivity contribution in [2.24, 2.45) is 23.3 Å². The zero-order valence-corrected chi connectivity index (χ0v) is 22.4. The number of aromatic hydroxyl groups is 1. The summed E-state index contributed by atoms with van der Waals surface area (Å²) in [6, 6.07) is 0.631. The van der Waals surface area contributed by atoms with E-state index in [1.54, 1.807) is 6.07 Å². The molecule has 5 atom stereocenters. The maximum absolute atomic E-state index is 13.8. The second-order valence-electron chi connectivity index (χ2n) is 11.8. The number of ketones is 2. The number of aliphatic hydroxyl groups is 3. The summed E-state index contributed by atoms with van der Waals surface area (Å²) in [7, 11) is 1.54. The monoisotopic (exact) mass is 553 g/mol. The summed E-state index contributed by atoms with van der Waals surface area (Å²) in [5.74, 6) is -6.68. The van der Waals surface area contributed by atoms with Gasteiger partial charge < -0.3 is 36.6 Å². The van der Waals surface area contributed by atoms with Crippen molar-refractivity contribution < 1.29 is 39.5 Å². The van der Waals surface area contributed by atoms with E-state index in [-0.39, 0.29) is 35.8 Å². The van der Waals surface area contributed by atoms with Crippen molar-refractivity contribution in [1.82, 2.24) is 4.90 Å². The van der Waals surface area contributed by atoms with E-state index in [0.717, 1.165) is 37.8 Å². The molecule has 11 heteroatoms. The molecule has 1 aromatic rings. The van der Waals surface area contributed by atoms with E-state index in [1.165, 1.54) is 20.0 Å². The lowest BCUT2D eigenvalue weighted by atomic mass is 9.58. The third-order valence-corrected chi connectivity index (χ3v) is 9.88. The Labute approximate surface area is 231 Å². The first-order valence-corrected chi connectivity index (χ1v) is 13.9. The Balaban J connectivity index is 1.48. The minimum atomic E-state index is -2.72. The lowest BCUT2D eigenvalue weighted by Gasteiger charge is -2.48. The molecule has 1 amide bonds. The Morgan fingerprint density at radius 2 is 1.82 bits per heavy atom. The molecule has 1 saturated heterocycles. The van der Waals surface area contributed by atoms with E-state index in [1.807, 2.05) is 0 Å². The molecule has 0 bridgehead atoms. The Bertz CT molecular complexity index is 1390. The van der Waals surface area contributed by atoms with E-state index in [0.29, 0.717) is 17.4 Å². The number of fused-ring (bicyclic) bond motifs is 3. The van der Waals surface area contributed by atoms with Crippen molar-refractivity contribution in [3.05, 3.63) is 39.7 Å². The summed E-state index contributed by atoms with van der Waals surface area (Å²) in [6.07, 6.45) is 6.70. The molecule has 0 aromatic heterocycles. The quantitative estimate of drug-likeness (QED) is 0.297. The number of phenolic OH excluding ortho intramolecular Hbond substituents is 1. The van der Waals surface area contributed by atoms with Crippen LogP contribution in [0.4, 0.5) is 0 Å². The van der Waals surface area contributed by atoms with Gasteiger partial charge in [0.25, 0.3) is 5.91 Å². The van der Waals surface area contributed by atoms with Crippen LogP contribution in [-0.4, -0.2) is 74.1 Å². The molecule has 1 heterocycles. The minimum Gasteiger partial charge on any atom is -0.508 e. The fraction of sp³-hybridized carbons (Fsp3) is 0.552. The van der Waals surface area contributed by atoms with Gasteiger partial charge in [0.05, 0.1) is 18.7 Å². The zero-order chi connectivity index (χ0) is 28.7. The number of rotatable bonds is 4. The Morgan fingerprint density at radius 3 is 2.48 bits per heavy atom. The molecular formula is C29H35N3O8. The number of aliphatic hydroxyl groups excluding tert-OH is 2. The lowest BCUT2D eigenvalue weighted by Crippen LogP contribution is -2.65. The van der Waals surface area contributed by atoms with Crippen LogP contribution in [0.1, 0.15) is 67.7 Å². The van der Waals surface area contributed by atoms with Crippen molar-refractivity contribution >= 4 is 23.2 Å². The van der Waals surface area contributed by atoms with Crippen LogP contribution in [0.3, 0.4) is 0 Å². The first-order valence-electron chi connectivity index (χ1n) is 13.9. The average molecular weight is 554 g/mol. The van der Waals surface area contributed by atoms with Gasteiger partial charge in [0, 0.05) is 34.7 Å². The van der Waals surface area contributed by atoms with Gasteiger partial charge in [-0.15, -0.1) is 0 Å².